The molecular weight excluding hydrogens is 430 g/mol. The molecule has 0 aliphatic heterocycles. The Hall–Kier alpha value is -4.04. The van der Waals surface area contributed by atoms with Crippen molar-refractivity contribution in [1.82, 2.24) is 5.32 Å². The number of para-hydroxylation sites is 1. The number of hydrogen-bond acceptors (Lipinski definition) is 6. The van der Waals surface area contributed by atoms with E-state index in [-0.39, 0.29) is 12.2 Å². The lowest BCUT2D eigenvalue weighted by molar-refractivity contribution is 0.414. The molecule has 0 bridgehead atoms. The fraction of sp³-hybridized carbons (Fsp3) is 0.120. The topological polar surface area (TPSA) is 78.9 Å². The van der Waals surface area contributed by atoms with Gasteiger partial charge in [0.1, 0.15) is 17.6 Å². The Balaban J connectivity index is 1.79. The van der Waals surface area contributed by atoms with Crippen molar-refractivity contribution >= 4 is 11.4 Å². The Labute approximate surface area is 188 Å². The van der Waals surface area contributed by atoms with Crippen molar-refractivity contribution in [2.45, 2.75) is 12.7 Å². The third kappa shape index (κ3) is 4.33. The lowest BCUT2D eigenvalue weighted by atomic mass is 10.1. The predicted octanol–water partition coefficient (Wildman–Crippen LogP) is 3.90. The molecule has 0 aliphatic carbocycles. The number of nitrogens with one attached hydrogen (secondary N) is 1. The molecule has 168 valence electrons. The van der Waals surface area contributed by atoms with E-state index < -0.39 is 34.4 Å². The minimum Gasteiger partial charge on any atom is -0.502 e. The molecule has 0 spiro atoms. The van der Waals surface area contributed by atoms with Crippen LogP contribution in [-0.4, -0.2) is 12.2 Å². The second-order valence-electron chi connectivity index (χ2n) is 7.37. The monoisotopic (exact) mass is 450 g/mol. The van der Waals surface area contributed by atoms with Crippen molar-refractivity contribution in [1.29, 1.82) is 0 Å². The van der Waals surface area contributed by atoms with Gasteiger partial charge in [-0.3, -0.25) is 14.9 Å². The van der Waals surface area contributed by atoms with Crippen molar-refractivity contribution in [2.24, 2.45) is 0 Å². The van der Waals surface area contributed by atoms with Crippen LogP contribution < -0.4 is 25.8 Å². The van der Waals surface area contributed by atoms with Crippen LogP contribution in [0.2, 0.25) is 0 Å². The maximum Gasteiger partial charge on any atom is 0.271 e. The number of hydrogen-bond donors (Lipinski definition) is 2. The highest BCUT2D eigenvalue weighted by Gasteiger charge is 2.32. The van der Waals surface area contributed by atoms with E-state index in [4.69, 9.17) is 4.74 Å². The number of anilines is 2. The molecule has 0 amide bonds. The fourth-order valence-electron chi connectivity index (χ4n) is 3.60. The second kappa shape index (κ2) is 9.22. The van der Waals surface area contributed by atoms with Gasteiger partial charge >= 0.3 is 0 Å². The summed E-state index contributed by atoms with van der Waals surface area (Å²) in [4.78, 5) is 25.7. The molecule has 0 saturated heterocycles. The Bertz CT molecular complexity index is 1330. The molecule has 0 heterocycles. The van der Waals surface area contributed by atoms with E-state index in [9.17, 15) is 23.5 Å². The normalized spacial score (nSPS) is 12.0. The molecule has 0 aromatic heterocycles. The number of benzene rings is 3. The van der Waals surface area contributed by atoms with Crippen molar-refractivity contribution < 1.29 is 18.6 Å². The van der Waals surface area contributed by atoms with E-state index in [0.29, 0.717) is 22.6 Å². The van der Waals surface area contributed by atoms with Crippen LogP contribution in [0.3, 0.4) is 0 Å². The average Bonchev–Trinajstić information content (AvgIpc) is 2.85. The molecular formula is C25H20F2N2O4. The summed E-state index contributed by atoms with van der Waals surface area (Å²) in [6.45, 7) is 0.105. The van der Waals surface area contributed by atoms with E-state index in [1.165, 1.54) is 18.1 Å². The smallest absolute Gasteiger partial charge is 0.271 e. The van der Waals surface area contributed by atoms with Crippen molar-refractivity contribution in [2.75, 3.05) is 12.0 Å². The van der Waals surface area contributed by atoms with Crippen molar-refractivity contribution in [3.8, 4) is 11.5 Å². The van der Waals surface area contributed by atoms with Crippen LogP contribution in [0.1, 0.15) is 17.3 Å². The minimum absolute atomic E-state index is 0.105. The summed E-state index contributed by atoms with van der Waals surface area (Å²) in [5, 5.41) is 13.5. The van der Waals surface area contributed by atoms with Gasteiger partial charge in [-0.05, 0) is 47.5 Å². The number of methoxy groups -OCH3 is 1. The first-order valence-corrected chi connectivity index (χ1v) is 10.1. The highest BCUT2D eigenvalue weighted by atomic mass is 19.2. The Kier molecular flexibility index (Phi) is 6.19. The first-order chi connectivity index (χ1) is 15.9. The van der Waals surface area contributed by atoms with E-state index in [0.717, 1.165) is 12.1 Å². The maximum atomic E-state index is 13.7. The molecule has 0 fully saturated rings. The third-order valence-corrected chi connectivity index (χ3v) is 5.31. The van der Waals surface area contributed by atoms with Gasteiger partial charge in [0, 0.05) is 12.2 Å². The summed E-state index contributed by atoms with van der Waals surface area (Å²) in [6.07, 6.45) is -0.749. The van der Waals surface area contributed by atoms with Gasteiger partial charge in [0.2, 0.25) is 0 Å². The first kappa shape index (κ1) is 22.2. The Morgan fingerprint density at radius 3 is 2.24 bits per heavy atom. The number of rotatable bonds is 8. The summed E-state index contributed by atoms with van der Waals surface area (Å²) in [7, 11) is 1.53. The van der Waals surface area contributed by atoms with Crippen LogP contribution >= 0.6 is 0 Å². The standard InChI is InChI=1S/C25H20F2N2O4/c1-33-18-10-8-16(9-11-18)25(28-14-15-7-12-19(26)20(27)13-15)29(17-5-3-2-4-6-17)21-22(30)24(32)23(21)31/h2-13,25,28,30H,14H2,1H3. The molecule has 0 radical (unpaired) electrons. The molecule has 4 rings (SSSR count). The highest BCUT2D eigenvalue weighted by molar-refractivity contribution is 5.73. The molecule has 8 heteroatoms. The molecule has 33 heavy (non-hydrogen) atoms. The Morgan fingerprint density at radius 1 is 0.939 bits per heavy atom. The largest absolute Gasteiger partial charge is 0.502 e. The molecule has 0 saturated carbocycles. The second-order valence-corrected chi connectivity index (χ2v) is 7.37. The van der Waals surface area contributed by atoms with Gasteiger partial charge in [-0.25, -0.2) is 8.78 Å². The number of aromatic hydroxyl groups is 1. The van der Waals surface area contributed by atoms with Crippen LogP contribution in [0, 0.1) is 11.6 Å². The van der Waals surface area contributed by atoms with Crippen LogP contribution in [0.25, 0.3) is 0 Å². The summed E-state index contributed by atoms with van der Waals surface area (Å²) >= 11 is 0. The van der Waals surface area contributed by atoms with E-state index in [1.54, 1.807) is 54.6 Å². The molecule has 0 aliphatic rings. The lowest BCUT2D eigenvalue weighted by Gasteiger charge is -2.35. The van der Waals surface area contributed by atoms with E-state index >= 15 is 0 Å². The first-order valence-electron chi connectivity index (χ1n) is 10.1. The van der Waals surface area contributed by atoms with E-state index in [2.05, 4.69) is 5.32 Å². The van der Waals surface area contributed by atoms with Crippen LogP contribution in [0.15, 0.2) is 82.4 Å². The minimum atomic E-state index is -0.977. The zero-order valence-electron chi connectivity index (χ0n) is 17.6. The van der Waals surface area contributed by atoms with Crippen LogP contribution in [-0.2, 0) is 6.54 Å². The van der Waals surface area contributed by atoms with Crippen molar-refractivity contribution in [3.05, 3.63) is 116 Å². The molecule has 1 unspecified atom stereocenters. The summed E-state index contributed by atoms with van der Waals surface area (Å²) in [5.74, 6) is -1.95. The quantitative estimate of drug-likeness (QED) is 0.313. The van der Waals surface area contributed by atoms with Gasteiger partial charge in [0.05, 0.1) is 7.11 Å². The predicted molar refractivity (Wildman–Crippen MR) is 121 cm³/mol. The molecule has 6 nitrogen and oxygen atoms in total. The highest BCUT2D eigenvalue weighted by Crippen LogP contribution is 2.37. The van der Waals surface area contributed by atoms with Gasteiger partial charge in [-0.2, -0.15) is 0 Å². The van der Waals surface area contributed by atoms with Gasteiger partial charge in [0.25, 0.3) is 10.9 Å². The third-order valence-electron chi connectivity index (χ3n) is 5.31. The fourth-order valence-corrected chi connectivity index (χ4v) is 3.60. The van der Waals surface area contributed by atoms with Gasteiger partial charge in [0.15, 0.2) is 17.4 Å². The van der Waals surface area contributed by atoms with Gasteiger partial charge < -0.3 is 14.7 Å². The maximum absolute atomic E-state index is 13.7. The molecule has 4 aromatic rings. The summed E-state index contributed by atoms with van der Waals surface area (Å²) in [5.41, 5.74) is -0.239. The SMILES string of the molecule is COc1ccc(C(NCc2ccc(F)c(F)c2)N(c2ccccc2)c2c(O)c(=O)c2=O)cc1. The molecule has 4 aromatic carbocycles. The van der Waals surface area contributed by atoms with Gasteiger partial charge in [-0.1, -0.05) is 36.4 Å². The summed E-state index contributed by atoms with van der Waals surface area (Å²) < 4.78 is 32.3. The van der Waals surface area contributed by atoms with E-state index in [1.807, 2.05) is 0 Å². The average molecular weight is 450 g/mol. The molecule has 2 N–H and O–H groups in total. The van der Waals surface area contributed by atoms with Gasteiger partial charge in [-0.15, -0.1) is 0 Å². The van der Waals surface area contributed by atoms with Crippen molar-refractivity contribution in [3.63, 3.8) is 0 Å². The zero-order valence-corrected chi connectivity index (χ0v) is 17.6. The molecule has 1 atom stereocenters. The number of ether oxygens (including phenoxy) is 1. The lowest BCUT2D eigenvalue weighted by Crippen LogP contribution is -2.43. The van der Waals surface area contributed by atoms with Crippen LogP contribution in [0.5, 0.6) is 11.5 Å². The van der Waals surface area contributed by atoms with Crippen LogP contribution in [0.4, 0.5) is 20.2 Å². The zero-order chi connectivity index (χ0) is 23.5. The number of halogens is 2. The number of nitrogens with zero attached hydrogens (tertiary/aromatic N) is 1. The Morgan fingerprint density at radius 2 is 1.64 bits per heavy atom. The summed E-state index contributed by atoms with van der Waals surface area (Å²) in [6, 6.07) is 19.3.